The number of carboxylic acids is 1. The quantitative estimate of drug-likeness (QED) is 0.832. The van der Waals surface area contributed by atoms with Crippen molar-refractivity contribution in [3.8, 4) is 0 Å². The van der Waals surface area contributed by atoms with E-state index in [4.69, 9.17) is 5.11 Å². The molecule has 0 aromatic heterocycles. The van der Waals surface area contributed by atoms with Gasteiger partial charge in [0.1, 0.15) is 5.82 Å². The van der Waals surface area contributed by atoms with Crippen LogP contribution in [0.1, 0.15) is 25.0 Å². The maximum atomic E-state index is 13.5. The van der Waals surface area contributed by atoms with E-state index in [2.05, 4.69) is 0 Å². The van der Waals surface area contributed by atoms with Crippen LogP contribution in [-0.4, -0.2) is 11.1 Å². The molecule has 1 N–H and O–H groups in total. The normalized spacial score (nSPS) is 11.5. The van der Waals surface area contributed by atoms with Crippen LogP contribution in [0.3, 0.4) is 0 Å². The second kappa shape index (κ2) is 4.01. The molecule has 0 spiro atoms. The van der Waals surface area contributed by atoms with Crippen molar-refractivity contribution < 1.29 is 14.3 Å². The molecule has 1 rings (SSSR count). The van der Waals surface area contributed by atoms with E-state index in [1.165, 1.54) is 6.07 Å². The monoisotopic (exact) mass is 210 g/mol. The number of halogens is 1. The number of carboxylic acid groups (broad SMARTS) is 1. The topological polar surface area (TPSA) is 37.3 Å². The third-order valence-electron chi connectivity index (χ3n) is 2.55. The number of hydrogen-bond donors (Lipinski definition) is 1. The third-order valence-corrected chi connectivity index (χ3v) is 2.55. The first-order valence-electron chi connectivity index (χ1n) is 4.82. The fourth-order valence-corrected chi connectivity index (χ4v) is 1.41. The highest BCUT2D eigenvalue weighted by molar-refractivity contribution is 5.74. The zero-order chi connectivity index (χ0) is 11.6. The molecule has 0 radical (unpaired) electrons. The Kier molecular flexibility index (Phi) is 3.12. The summed E-state index contributed by atoms with van der Waals surface area (Å²) >= 11 is 0. The fourth-order valence-electron chi connectivity index (χ4n) is 1.41. The third kappa shape index (κ3) is 2.55. The van der Waals surface area contributed by atoms with Crippen molar-refractivity contribution in [1.29, 1.82) is 0 Å². The average Bonchev–Trinajstić information content (AvgIpc) is 2.11. The van der Waals surface area contributed by atoms with Crippen molar-refractivity contribution in [3.63, 3.8) is 0 Å². The van der Waals surface area contributed by atoms with E-state index < -0.39 is 11.4 Å². The number of benzene rings is 1. The zero-order valence-electron chi connectivity index (χ0n) is 9.17. The highest BCUT2D eigenvalue weighted by Gasteiger charge is 2.29. The standard InChI is InChI=1S/C12H15FO2/c1-8-5-4-6-10(13)9(8)7-12(2,3)11(14)15/h4-6H,7H2,1-3H3,(H,14,15). The molecule has 0 aliphatic heterocycles. The molecule has 0 bridgehead atoms. The lowest BCUT2D eigenvalue weighted by molar-refractivity contribution is -0.146. The number of aliphatic carboxylic acids is 1. The van der Waals surface area contributed by atoms with Gasteiger partial charge >= 0.3 is 5.97 Å². The van der Waals surface area contributed by atoms with E-state index in [0.717, 1.165) is 5.56 Å². The zero-order valence-corrected chi connectivity index (χ0v) is 9.17. The van der Waals surface area contributed by atoms with Gasteiger partial charge in [-0.15, -0.1) is 0 Å². The SMILES string of the molecule is Cc1cccc(F)c1CC(C)(C)C(=O)O. The molecule has 2 nitrogen and oxygen atoms in total. The molecule has 1 aromatic carbocycles. The minimum absolute atomic E-state index is 0.209. The minimum Gasteiger partial charge on any atom is -0.481 e. The number of aryl methyl sites for hydroxylation is 1. The molecule has 0 amide bonds. The predicted molar refractivity (Wildman–Crippen MR) is 56.3 cm³/mol. The van der Waals surface area contributed by atoms with Crippen molar-refractivity contribution in [2.75, 3.05) is 0 Å². The molecule has 0 aliphatic carbocycles. The lowest BCUT2D eigenvalue weighted by Crippen LogP contribution is -2.27. The summed E-state index contributed by atoms with van der Waals surface area (Å²) in [6.45, 7) is 4.98. The Morgan fingerprint density at radius 3 is 2.53 bits per heavy atom. The highest BCUT2D eigenvalue weighted by atomic mass is 19.1. The highest BCUT2D eigenvalue weighted by Crippen LogP contribution is 2.25. The van der Waals surface area contributed by atoms with E-state index in [9.17, 15) is 9.18 Å². The van der Waals surface area contributed by atoms with Gasteiger partial charge < -0.3 is 5.11 Å². The van der Waals surface area contributed by atoms with Gasteiger partial charge in [0.2, 0.25) is 0 Å². The van der Waals surface area contributed by atoms with Crippen molar-refractivity contribution >= 4 is 5.97 Å². The second-order valence-electron chi connectivity index (χ2n) is 4.40. The molecule has 0 unspecified atom stereocenters. The fraction of sp³-hybridized carbons (Fsp3) is 0.417. The van der Waals surface area contributed by atoms with E-state index in [1.807, 2.05) is 0 Å². The Hall–Kier alpha value is -1.38. The summed E-state index contributed by atoms with van der Waals surface area (Å²) in [6.07, 6.45) is 0.209. The maximum Gasteiger partial charge on any atom is 0.309 e. The molecular formula is C12H15FO2. The summed E-state index contributed by atoms with van der Waals surface area (Å²) in [5, 5.41) is 8.96. The largest absolute Gasteiger partial charge is 0.481 e. The first kappa shape index (κ1) is 11.7. The molecule has 3 heteroatoms. The van der Waals surface area contributed by atoms with Gasteiger partial charge in [0.05, 0.1) is 5.41 Å². The molecule has 15 heavy (non-hydrogen) atoms. The van der Waals surface area contributed by atoms with Crippen LogP contribution in [0.5, 0.6) is 0 Å². The Bertz CT molecular complexity index is 363. The molecule has 0 heterocycles. The summed E-state index contributed by atoms with van der Waals surface area (Å²) in [6, 6.07) is 4.78. The molecule has 0 aliphatic rings. The summed E-state index contributed by atoms with van der Waals surface area (Å²) < 4.78 is 13.5. The molecule has 0 saturated heterocycles. The summed E-state index contributed by atoms with van der Waals surface area (Å²) in [5.41, 5.74) is 0.349. The van der Waals surface area contributed by atoms with E-state index in [-0.39, 0.29) is 12.2 Å². The summed E-state index contributed by atoms with van der Waals surface area (Å²) in [4.78, 5) is 10.9. The van der Waals surface area contributed by atoms with Crippen LogP contribution in [0.2, 0.25) is 0 Å². The molecule has 82 valence electrons. The smallest absolute Gasteiger partial charge is 0.309 e. The van der Waals surface area contributed by atoms with E-state index in [0.29, 0.717) is 5.56 Å². The van der Waals surface area contributed by atoms with Crippen molar-refractivity contribution in [1.82, 2.24) is 0 Å². The molecule has 0 atom stereocenters. The first-order valence-corrected chi connectivity index (χ1v) is 4.82. The van der Waals surface area contributed by atoms with Crippen LogP contribution in [0.15, 0.2) is 18.2 Å². The van der Waals surface area contributed by atoms with E-state index >= 15 is 0 Å². The van der Waals surface area contributed by atoms with Crippen LogP contribution in [0.4, 0.5) is 4.39 Å². The van der Waals surface area contributed by atoms with Gasteiger partial charge in [-0.05, 0) is 44.4 Å². The van der Waals surface area contributed by atoms with Crippen molar-refractivity contribution in [2.45, 2.75) is 27.2 Å². The Morgan fingerprint density at radius 1 is 1.47 bits per heavy atom. The Morgan fingerprint density at radius 2 is 2.07 bits per heavy atom. The van der Waals surface area contributed by atoms with Gasteiger partial charge in [0.25, 0.3) is 0 Å². The lowest BCUT2D eigenvalue weighted by Gasteiger charge is -2.20. The second-order valence-corrected chi connectivity index (χ2v) is 4.40. The minimum atomic E-state index is -0.938. The van der Waals surface area contributed by atoms with Crippen LogP contribution in [0.25, 0.3) is 0 Å². The molecular weight excluding hydrogens is 195 g/mol. The van der Waals surface area contributed by atoms with E-state index in [1.54, 1.807) is 32.9 Å². The summed E-state index contributed by atoms with van der Waals surface area (Å²) in [5.74, 6) is -1.24. The molecule has 0 fully saturated rings. The maximum absolute atomic E-state index is 13.5. The van der Waals surface area contributed by atoms with Gasteiger partial charge in [-0.3, -0.25) is 4.79 Å². The van der Waals surface area contributed by atoms with Crippen LogP contribution in [-0.2, 0) is 11.2 Å². The lowest BCUT2D eigenvalue weighted by atomic mass is 9.84. The van der Waals surface area contributed by atoms with Gasteiger partial charge in [-0.2, -0.15) is 0 Å². The Balaban J connectivity index is 3.04. The van der Waals surface area contributed by atoms with Crippen molar-refractivity contribution in [3.05, 3.63) is 35.1 Å². The van der Waals surface area contributed by atoms with Gasteiger partial charge in [-0.25, -0.2) is 4.39 Å². The van der Waals surface area contributed by atoms with Gasteiger partial charge in [0.15, 0.2) is 0 Å². The Labute approximate surface area is 88.7 Å². The number of carbonyl (C=O) groups is 1. The van der Waals surface area contributed by atoms with Crippen molar-refractivity contribution in [2.24, 2.45) is 5.41 Å². The predicted octanol–water partition coefficient (Wildman–Crippen LogP) is 2.79. The molecule has 0 saturated carbocycles. The first-order chi connectivity index (χ1) is 6.84. The average molecular weight is 210 g/mol. The van der Waals surface area contributed by atoms with Gasteiger partial charge in [0, 0.05) is 0 Å². The van der Waals surface area contributed by atoms with Crippen LogP contribution in [0, 0.1) is 18.2 Å². The van der Waals surface area contributed by atoms with Gasteiger partial charge in [-0.1, -0.05) is 12.1 Å². The number of rotatable bonds is 3. The number of hydrogen-bond acceptors (Lipinski definition) is 1. The molecule has 1 aromatic rings. The van der Waals surface area contributed by atoms with Crippen LogP contribution >= 0.6 is 0 Å². The summed E-state index contributed by atoms with van der Waals surface area (Å²) in [7, 11) is 0. The van der Waals surface area contributed by atoms with Crippen LogP contribution < -0.4 is 0 Å².